The molecule has 1 aliphatic heterocycles. The van der Waals surface area contributed by atoms with Crippen LogP contribution in [0, 0.1) is 11.8 Å². The number of rotatable bonds is 10. The minimum Gasteiger partial charge on any atom is -0.481 e. The Morgan fingerprint density at radius 2 is 1.85 bits per heavy atom. The summed E-state index contributed by atoms with van der Waals surface area (Å²) >= 11 is 1.43. The van der Waals surface area contributed by atoms with Crippen LogP contribution >= 0.6 is 11.3 Å². The number of nitrogens with zero attached hydrogens (tertiary/aromatic N) is 4. The van der Waals surface area contributed by atoms with Gasteiger partial charge in [0.15, 0.2) is 5.13 Å². The summed E-state index contributed by atoms with van der Waals surface area (Å²) in [5.74, 6) is -0.509. The Labute approximate surface area is 243 Å². The van der Waals surface area contributed by atoms with Gasteiger partial charge in [0.05, 0.1) is 12.1 Å². The maximum Gasteiger partial charge on any atom is 0.323 e. The van der Waals surface area contributed by atoms with Crippen molar-refractivity contribution in [2.75, 3.05) is 22.9 Å². The molecule has 9 nitrogen and oxygen atoms in total. The van der Waals surface area contributed by atoms with Crippen LogP contribution in [0.1, 0.15) is 57.8 Å². The Bertz CT molecular complexity index is 1410. The number of carbonyl (C=O) groups is 3. The van der Waals surface area contributed by atoms with E-state index >= 15 is 0 Å². The zero-order chi connectivity index (χ0) is 28.3. The van der Waals surface area contributed by atoms with Gasteiger partial charge in [-0.15, -0.1) is 11.3 Å². The molecule has 41 heavy (non-hydrogen) atoms. The summed E-state index contributed by atoms with van der Waals surface area (Å²) in [6, 6.07) is 11.8. The third-order valence-electron chi connectivity index (χ3n) is 8.33. The zero-order valence-electron chi connectivity index (χ0n) is 23.0. The number of anilines is 2. The fourth-order valence-electron chi connectivity index (χ4n) is 6.10. The summed E-state index contributed by atoms with van der Waals surface area (Å²) in [4.78, 5) is 50.8. The number of nitrogens with one attached hydrogen (secondary N) is 1. The summed E-state index contributed by atoms with van der Waals surface area (Å²) in [6.45, 7) is 1.32. The molecule has 1 atom stereocenters. The first-order valence-electron chi connectivity index (χ1n) is 14.6. The number of carboxylic acids is 1. The molecule has 3 fully saturated rings. The van der Waals surface area contributed by atoms with E-state index in [1.807, 2.05) is 41.8 Å². The molecule has 2 aliphatic carbocycles. The fraction of sp³-hybridized carbons (Fsp3) is 0.452. The van der Waals surface area contributed by atoms with Gasteiger partial charge < -0.3 is 10.4 Å². The number of hydrogen-bond acceptors (Lipinski definition) is 6. The molecule has 0 radical (unpaired) electrons. The predicted octanol–water partition coefficient (Wildman–Crippen LogP) is 5.96. The Hall–Kier alpha value is -3.79. The minimum atomic E-state index is -0.925. The molecule has 3 aromatic rings. The van der Waals surface area contributed by atoms with Gasteiger partial charge >= 0.3 is 12.0 Å². The summed E-state index contributed by atoms with van der Waals surface area (Å²) < 4.78 is 0. The Morgan fingerprint density at radius 1 is 1.07 bits per heavy atom. The maximum atomic E-state index is 13.9. The van der Waals surface area contributed by atoms with E-state index in [1.54, 1.807) is 16.0 Å². The number of amides is 3. The highest BCUT2D eigenvalue weighted by atomic mass is 32.1. The lowest BCUT2D eigenvalue weighted by atomic mass is 9.90. The molecule has 1 unspecified atom stereocenters. The average molecular weight is 574 g/mol. The second-order valence-electron chi connectivity index (χ2n) is 11.3. The number of thiazole rings is 1. The number of urea groups is 1. The molecule has 0 spiro atoms. The highest BCUT2D eigenvalue weighted by Gasteiger charge is 2.40. The number of hydrogen-bond donors (Lipinski definition) is 2. The standard InChI is InChI=1S/C31H35N5O4S/c37-28(38)17-22(16-20-6-1-2-7-20)29(39)36(23-11-12-23)31-34-26(19-41-31)25-9-4-3-8-24(25)21-10-13-27(33-18-21)35-15-5-14-32-30(35)40/h3-4,8-10,13,18-20,22-23H,1-2,5-7,11-12,14-17H2,(H,32,40)(H,37,38). The third kappa shape index (κ3) is 6.12. The fourth-order valence-corrected chi connectivity index (χ4v) is 7.00. The third-order valence-corrected chi connectivity index (χ3v) is 9.17. The van der Waals surface area contributed by atoms with E-state index in [2.05, 4.69) is 10.3 Å². The second-order valence-corrected chi connectivity index (χ2v) is 12.2. The van der Waals surface area contributed by atoms with Gasteiger partial charge in [-0.1, -0.05) is 49.9 Å². The molecule has 1 aromatic carbocycles. The molecule has 2 saturated carbocycles. The molecule has 214 valence electrons. The number of aromatic nitrogens is 2. The van der Waals surface area contributed by atoms with Crippen molar-refractivity contribution in [2.24, 2.45) is 11.8 Å². The molecule has 3 aliphatic rings. The lowest BCUT2D eigenvalue weighted by Crippen LogP contribution is -2.46. The van der Waals surface area contributed by atoms with Gasteiger partial charge in [0.25, 0.3) is 0 Å². The molecule has 2 aromatic heterocycles. The maximum absolute atomic E-state index is 13.9. The van der Waals surface area contributed by atoms with E-state index in [-0.39, 0.29) is 24.4 Å². The normalized spacial score (nSPS) is 18.2. The van der Waals surface area contributed by atoms with E-state index in [0.717, 1.165) is 67.3 Å². The topological polar surface area (TPSA) is 116 Å². The van der Waals surface area contributed by atoms with E-state index in [4.69, 9.17) is 4.98 Å². The number of benzene rings is 1. The second kappa shape index (κ2) is 12.0. The summed E-state index contributed by atoms with van der Waals surface area (Å²) in [6.07, 6.45) is 9.45. The van der Waals surface area contributed by atoms with Crippen molar-refractivity contribution in [1.82, 2.24) is 15.3 Å². The van der Waals surface area contributed by atoms with Crippen molar-refractivity contribution in [2.45, 2.75) is 63.8 Å². The van der Waals surface area contributed by atoms with Crippen LogP contribution in [-0.2, 0) is 9.59 Å². The van der Waals surface area contributed by atoms with Gasteiger partial charge in [-0.2, -0.15) is 0 Å². The monoisotopic (exact) mass is 573 g/mol. The number of aliphatic carboxylic acids is 1. The van der Waals surface area contributed by atoms with Crippen LogP contribution in [0.2, 0.25) is 0 Å². The van der Waals surface area contributed by atoms with Gasteiger partial charge in [-0.05, 0) is 49.3 Å². The summed E-state index contributed by atoms with van der Waals surface area (Å²) in [5.41, 5.74) is 3.56. The first kappa shape index (κ1) is 27.4. The highest BCUT2D eigenvalue weighted by Crippen LogP contribution is 2.40. The number of carbonyl (C=O) groups excluding carboxylic acids is 2. The van der Waals surface area contributed by atoms with E-state index in [9.17, 15) is 19.5 Å². The molecule has 1 saturated heterocycles. The van der Waals surface area contributed by atoms with Crippen LogP contribution in [0.5, 0.6) is 0 Å². The average Bonchev–Trinajstić information content (AvgIpc) is 3.45. The SMILES string of the molecule is O=C(O)CC(CC1CCCC1)C(=O)N(c1nc(-c2ccccc2-c2ccc(N3CCCNC3=O)nc2)cs1)C1CC1. The first-order valence-corrected chi connectivity index (χ1v) is 15.5. The smallest absolute Gasteiger partial charge is 0.323 e. The number of carboxylic acid groups (broad SMARTS) is 1. The molecule has 2 N–H and O–H groups in total. The molecular weight excluding hydrogens is 538 g/mol. The van der Waals surface area contributed by atoms with Gasteiger partial charge in [-0.3, -0.25) is 19.4 Å². The van der Waals surface area contributed by atoms with Crippen LogP contribution in [0.3, 0.4) is 0 Å². The Balaban J connectivity index is 1.25. The molecule has 3 amide bonds. The van der Waals surface area contributed by atoms with E-state index in [0.29, 0.717) is 36.4 Å². The zero-order valence-corrected chi connectivity index (χ0v) is 23.8. The van der Waals surface area contributed by atoms with Crippen LogP contribution < -0.4 is 15.1 Å². The van der Waals surface area contributed by atoms with Crippen molar-refractivity contribution >= 4 is 40.2 Å². The first-order chi connectivity index (χ1) is 20.0. The van der Waals surface area contributed by atoms with Crippen LogP contribution in [0.4, 0.5) is 15.7 Å². The Morgan fingerprint density at radius 3 is 2.54 bits per heavy atom. The predicted molar refractivity (Wildman–Crippen MR) is 159 cm³/mol. The minimum absolute atomic E-state index is 0.0837. The van der Waals surface area contributed by atoms with Crippen molar-refractivity contribution in [1.29, 1.82) is 0 Å². The van der Waals surface area contributed by atoms with Crippen molar-refractivity contribution in [3.8, 4) is 22.4 Å². The van der Waals surface area contributed by atoms with Crippen LogP contribution in [0.15, 0.2) is 48.0 Å². The molecule has 3 heterocycles. The largest absolute Gasteiger partial charge is 0.481 e. The number of pyridine rings is 1. The van der Waals surface area contributed by atoms with Gasteiger partial charge in [0.2, 0.25) is 5.91 Å². The lowest BCUT2D eigenvalue weighted by Gasteiger charge is -2.26. The van der Waals surface area contributed by atoms with Crippen LogP contribution in [-0.4, -0.2) is 52.1 Å². The molecular formula is C31H35N5O4S. The van der Waals surface area contributed by atoms with Gasteiger partial charge in [-0.25, -0.2) is 14.8 Å². The van der Waals surface area contributed by atoms with Gasteiger partial charge in [0.1, 0.15) is 5.82 Å². The molecule has 0 bridgehead atoms. The van der Waals surface area contributed by atoms with Crippen LogP contribution in [0.25, 0.3) is 22.4 Å². The van der Waals surface area contributed by atoms with E-state index in [1.165, 1.54) is 11.3 Å². The lowest BCUT2D eigenvalue weighted by molar-refractivity contribution is -0.141. The van der Waals surface area contributed by atoms with E-state index < -0.39 is 11.9 Å². The highest BCUT2D eigenvalue weighted by molar-refractivity contribution is 7.14. The quantitative estimate of drug-likeness (QED) is 0.309. The summed E-state index contributed by atoms with van der Waals surface area (Å²) in [5, 5.41) is 15.1. The van der Waals surface area contributed by atoms with Crippen molar-refractivity contribution < 1.29 is 19.5 Å². The molecule has 10 heteroatoms. The summed E-state index contributed by atoms with van der Waals surface area (Å²) in [7, 11) is 0. The molecule has 6 rings (SSSR count). The van der Waals surface area contributed by atoms with Gasteiger partial charge in [0, 0.05) is 47.8 Å². The van der Waals surface area contributed by atoms with Crippen molar-refractivity contribution in [3.63, 3.8) is 0 Å². The Kier molecular flexibility index (Phi) is 8.00. The van der Waals surface area contributed by atoms with Crippen molar-refractivity contribution in [3.05, 3.63) is 48.0 Å².